The maximum atomic E-state index is 13.5. The molecule has 0 aliphatic carbocycles. The Morgan fingerprint density at radius 1 is 1.05 bits per heavy atom. The predicted molar refractivity (Wildman–Crippen MR) is 134 cm³/mol. The van der Waals surface area contributed by atoms with E-state index < -0.39 is 47.6 Å². The molecule has 2 bridgehead atoms. The second-order valence-electron chi connectivity index (χ2n) is 10.4. The quantitative estimate of drug-likeness (QED) is 0.414. The Kier molecular flexibility index (Phi) is 8.17. The van der Waals surface area contributed by atoms with Crippen LogP contribution in [-0.2, 0) is 11.0 Å². The molecule has 40 heavy (non-hydrogen) atoms. The van der Waals surface area contributed by atoms with Crippen molar-refractivity contribution >= 4 is 29.2 Å². The highest BCUT2D eigenvalue weighted by atomic mass is 35.5. The standard InChI is InChI=1S/C26H27ClF6N4O3/c1-24(2,40-20-7-4-15(27)9-19(20)26(31,32)33)23(39)36-16-10-17-5-6-18(11-16)37(17)21-8-3-14(12-34-21)22(38)35-13-25(28,29)30/h3-4,7-9,12,16-18H,5-6,10-11,13H2,1-2H3,(H,35,38)(H,36,39)/t16-,17+,18-. The molecule has 1 aromatic heterocycles. The Morgan fingerprint density at radius 3 is 2.25 bits per heavy atom. The fourth-order valence-corrected chi connectivity index (χ4v) is 5.29. The summed E-state index contributed by atoms with van der Waals surface area (Å²) in [6, 6.07) is 5.80. The first-order valence-electron chi connectivity index (χ1n) is 12.5. The van der Waals surface area contributed by atoms with Crippen LogP contribution in [0.3, 0.4) is 0 Å². The summed E-state index contributed by atoms with van der Waals surface area (Å²) >= 11 is 5.73. The number of benzene rings is 1. The normalized spacial score (nSPS) is 21.2. The van der Waals surface area contributed by atoms with Crippen LogP contribution in [0.4, 0.5) is 32.2 Å². The summed E-state index contributed by atoms with van der Waals surface area (Å²) < 4.78 is 83.1. The topological polar surface area (TPSA) is 83.6 Å². The van der Waals surface area contributed by atoms with Crippen LogP contribution >= 0.6 is 11.6 Å². The molecule has 1 aromatic carbocycles. The number of aromatic nitrogens is 1. The highest BCUT2D eigenvalue weighted by Crippen LogP contribution is 2.40. The number of anilines is 1. The van der Waals surface area contributed by atoms with Crippen LogP contribution in [0.5, 0.6) is 5.75 Å². The van der Waals surface area contributed by atoms with Gasteiger partial charge in [-0.25, -0.2) is 4.98 Å². The number of fused-ring (bicyclic) bond motifs is 2. The van der Waals surface area contributed by atoms with Gasteiger partial charge in [0.05, 0.1) is 11.1 Å². The number of rotatable bonds is 7. The van der Waals surface area contributed by atoms with Crippen molar-refractivity contribution in [2.24, 2.45) is 0 Å². The summed E-state index contributed by atoms with van der Waals surface area (Å²) in [5.41, 5.74) is -2.70. The summed E-state index contributed by atoms with van der Waals surface area (Å²) in [6.45, 7) is 1.33. The van der Waals surface area contributed by atoms with E-state index in [9.17, 15) is 35.9 Å². The Balaban J connectivity index is 1.38. The average Bonchev–Trinajstić information content (AvgIpc) is 3.12. The molecule has 3 atom stereocenters. The van der Waals surface area contributed by atoms with Crippen molar-refractivity contribution in [2.75, 3.05) is 11.4 Å². The van der Waals surface area contributed by atoms with Crippen LogP contribution in [0.2, 0.25) is 5.02 Å². The van der Waals surface area contributed by atoms with Crippen molar-refractivity contribution in [3.63, 3.8) is 0 Å². The fraction of sp³-hybridized carbons (Fsp3) is 0.500. The minimum atomic E-state index is -4.72. The first-order valence-corrected chi connectivity index (χ1v) is 12.9. The van der Waals surface area contributed by atoms with Crippen molar-refractivity contribution in [3.05, 3.63) is 52.7 Å². The van der Waals surface area contributed by atoms with Gasteiger partial charge in [0.1, 0.15) is 18.1 Å². The molecule has 2 aliphatic rings. The van der Waals surface area contributed by atoms with Gasteiger partial charge in [0, 0.05) is 29.3 Å². The Bertz CT molecular complexity index is 1240. The molecule has 2 saturated heterocycles. The number of nitrogens with one attached hydrogen (secondary N) is 2. The molecule has 4 rings (SSSR count). The summed E-state index contributed by atoms with van der Waals surface area (Å²) in [4.78, 5) is 31.4. The van der Waals surface area contributed by atoms with Crippen LogP contribution in [-0.4, -0.2) is 53.2 Å². The maximum Gasteiger partial charge on any atom is 0.420 e. The van der Waals surface area contributed by atoms with Crippen LogP contribution < -0.4 is 20.3 Å². The molecule has 2 N–H and O–H groups in total. The Morgan fingerprint density at radius 2 is 1.70 bits per heavy atom. The lowest BCUT2D eigenvalue weighted by Crippen LogP contribution is -2.55. The van der Waals surface area contributed by atoms with Crippen LogP contribution in [0.1, 0.15) is 55.5 Å². The first kappa shape index (κ1) is 29.8. The second kappa shape index (κ2) is 11.0. The summed E-state index contributed by atoms with van der Waals surface area (Å²) in [5.74, 6) is -1.39. The Labute approximate surface area is 231 Å². The van der Waals surface area contributed by atoms with Gasteiger partial charge < -0.3 is 20.3 Å². The third-order valence-corrected chi connectivity index (χ3v) is 7.19. The molecule has 0 spiro atoms. The van der Waals surface area contributed by atoms with Gasteiger partial charge in [-0.05, 0) is 69.9 Å². The molecule has 3 heterocycles. The summed E-state index contributed by atoms with van der Waals surface area (Å²) in [7, 11) is 0. The third-order valence-electron chi connectivity index (χ3n) is 6.95. The lowest BCUT2D eigenvalue weighted by Gasteiger charge is -2.41. The molecule has 0 saturated carbocycles. The van der Waals surface area contributed by atoms with Gasteiger partial charge in [-0.2, -0.15) is 26.3 Å². The average molecular weight is 593 g/mol. The van der Waals surface area contributed by atoms with Gasteiger partial charge in [-0.3, -0.25) is 9.59 Å². The van der Waals surface area contributed by atoms with Gasteiger partial charge in [0.2, 0.25) is 0 Å². The van der Waals surface area contributed by atoms with Gasteiger partial charge in [-0.15, -0.1) is 0 Å². The van der Waals surface area contributed by atoms with Gasteiger partial charge in [0.15, 0.2) is 5.60 Å². The summed E-state index contributed by atoms with van der Waals surface area (Å²) in [6.07, 6.45) is -5.31. The van der Waals surface area contributed by atoms with E-state index in [0.29, 0.717) is 18.7 Å². The van der Waals surface area contributed by atoms with Crippen molar-refractivity contribution < 1.29 is 40.7 Å². The van der Waals surface area contributed by atoms with Crippen molar-refractivity contribution in [1.29, 1.82) is 0 Å². The fourth-order valence-electron chi connectivity index (χ4n) is 5.12. The second-order valence-corrected chi connectivity index (χ2v) is 10.8. The van der Waals surface area contributed by atoms with Crippen LogP contribution in [0, 0.1) is 0 Å². The number of carbonyl (C=O) groups excluding carboxylic acids is 2. The number of hydrogen-bond acceptors (Lipinski definition) is 5. The maximum absolute atomic E-state index is 13.5. The molecule has 2 aromatic rings. The van der Waals surface area contributed by atoms with E-state index in [4.69, 9.17) is 16.3 Å². The number of pyridine rings is 1. The monoisotopic (exact) mass is 592 g/mol. The number of hydrogen-bond donors (Lipinski definition) is 2. The van der Waals surface area contributed by atoms with Gasteiger partial charge >= 0.3 is 12.4 Å². The number of halogens is 7. The minimum absolute atomic E-state index is 0.000837. The molecule has 2 fully saturated rings. The smallest absolute Gasteiger partial charge is 0.420 e. The molecular formula is C26H27ClF6N4O3. The van der Waals surface area contributed by atoms with Gasteiger partial charge in [-0.1, -0.05) is 11.6 Å². The predicted octanol–water partition coefficient (Wildman–Crippen LogP) is 5.52. The molecule has 0 unspecified atom stereocenters. The lowest BCUT2D eigenvalue weighted by molar-refractivity contribution is -0.143. The van der Waals surface area contributed by atoms with E-state index in [1.165, 1.54) is 32.2 Å². The molecular weight excluding hydrogens is 566 g/mol. The zero-order chi connectivity index (χ0) is 29.5. The highest BCUT2D eigenvalue weighted by molar-refractivity contribution is 6.30. The minimum Gasteiger partial charge on any atom is -0.477 e. The Hall–Kier alpha value is -3.22. The summed E-state index contributed by atoms with van der Waals surface area (Å²) in [5, 5.41) is 4.60. The van der Waals surface area contributed by atoms with E-state index in [2.05, 4.69) is 15.2 Å². The number of piperidine rings is 1. The largest absolute Gasteiger partial charge is 0.477 e. The van der Waals surface area contributed by atoms with Crippen molar-refractivity contribution in [3.8, 4) is 5.75 Å². The van der Waals surface area contributed by atoms with E-state index in [-0.39, 0.29) is 28.7 Å². The zero-order valence-electron chi connectivity index (χ0n) is 21.5. The number of amides is 2. The molecule has 7 nitrogen and oxygen atoms in total. The third kappa shape index (κ3) is 6.91. The molecule has 218 valence electrons. The zero-order valence-corrected chi connectivity index (χ0v) is 22.3. The number of carbonyl (C=O) groups is 2. The van der Waals surface area contributed by atoms with E-state index in [0.717, 1.165) is 25.0 Å². The van der Waals surface area contributed by atoms with Gasteiger partial charge in [0.25, 0.3) is 11.8 Å². The number of alkyl halides is 6. The van der Waals surface area contributed by atoms with E-state index in [1.54, 1.807) is 11.4 Å². The number of nitrogens with zero attached hydrogens (tertiary/aromatic N) is 2. The molecule has 0 radical (unpaired) electrons. The van der Waals surface area contributed by atoms with Crippen LogP contribution in [0.15, 0.2) is 36.5 Å². The van der Waals surface area contributed by atoms with Crippen molar-refractivity contribution in [2.45, 2.75) is 75.6 Å². The first-order chi connectivity index (χ1) is 18.5. The van der Waals surface area contributed by atoms with Crippen molar-refractivity contribution in [1.82, 2.24) is 15.6 Å². The highest BCUT2D eigenvalue weighted by Gasteiger charge is 2.44. The molecule has 2 amide bonds. The number of ether oxygens (including phenoxy) is 1. The molecule has 14 heteroatoms. The SMILES string of the molecule is CC(C)(Oc1ccc(Cl)cc1C(F)(F)F)C(=O)N[C@H]1C[C@H]2CC[C@@H](C1)N2c1ccc(C(=O)NCC(F)(F)F)cn1. The van der Waals surface area contributed by atoms with Crippen LogP contribution in [0.25, 0.3) is 0 Å². The molecule has 2 aliphatic heterocycles. The lowest BCUT2D eigenvalue weighted by atomic mass is 9.96. The van der Waals surface area contributed by atoms with E-state index >= 15 is 0 Å². The van der Waals surface area contributed by atoms with E-state index in [1.807, 2.05) is 0 Å².